The number of aryl methyl sites for hydroxylation is 1. The predicted molar refractivity (Wildman–Crippen MR) is 83.1 cm³/mol. The zero-order valence-electron chi connectivity index (χ0n) is 10.4. The number of thioether (sulfide) groups is 1. The van der Waals surface area contributed by atoms with E-state index in [1.54, 1.807) is 30.2 Å². The third-order valence-corrected chi connectivity index (χ3v) is 2.89. The lowest BCUT2D eigenvalue weighted by Gasteiger charge is -2.12. The number of amides is 1. The van der Waals surface area contributed by atoms with Gasteiger partial charge in [-0.3, -0.25) is 9.78 Å². The highest BCUT2D eigenvalue weighted by molar-refractivity contribution is 7.98. The third kappa shape index (κ3) is 6.44. The van der Waals surface area contributed by atoms with Crippen LogP contribution < -0.4 is 11.1 Å². The lowest BCUT2D eigenvalue weighted by molar-refractivity contribution is -0.117. The molecular formula is C11H19Cl2N3OS. The third-order valence-electron chi connectivity index (χ3n) is 2.25. The van der Waals surface area contributed by atoms with Gasteiger partial charge >= 0.3 is 0 Å². The first kappa shape index (κ1) is 19.8. The number of rotatable bonds is 5. The largest absolute Gasteiger partial charge is 0.324 e. The summed E-state index contributed by atoms with van der Waals surface area (Å²) in [5.74, 6) is 0.757. The van der Waals surface area contributed by atoms with E-state index in [0.29, 0.717) is 6.42 Å². The number of nitrogens with one attached hydrogen (secondary N) is 1. The van der Waals surface area contributed by atoms with Crippen LogP contribution in [0.2, 0.25) is 0 Å². The van der Waals surface area contributed by atoms with Crippen LogP contribution in [0.3, 0.4) is 0 Å². The molecule has 0 saturated carbocycles. The Balaban J connectivity index is 0. The van der Waals surface area contributed by atoms with Gasteiger partial charge in [0, 0.05) is 18.1 Å². The highest BCUT2D eigenvalue weighted by Crippen LogP contribution is 2.12. The predicted octanol–water partition coefficient (Wildman–Crippen LogP) is 2.25. The lowest BCUT2D eigenvalue weighted by Crippen LogP contribution is -2.36. The van der Waals surface area contributed by atoms with Crippen molar-refractivity contribution in [1.82, 2.24) is 4.98 Å². The summed E-state index contributed by atoms with van der Waals surface area (Å²) in [4.78, 5) is 15.7. The number of aromatic nitrogens is 1. The van der Waals surface area contributed by atoms with Crippen molar-refractivity contribution >= 4 is 48.2 Å². The average Bonchev–Trinajstić information content (AvgIpc) is 2.28. The molecule has 0 radical (unpaired) electrons. The molecule has 3 N–H and O–H groups in total. The molecule has 1 rings (SSSR count). The molecule has 0 aliphatic heterocycles. The quantitative estimate of drug-likeness (QED) is 0.875. The van der Waals surface area contributed by atoms with Gasteiger partial charge in [-0.1, -0.05) is 0 Å². The number of carbonyl (C=O) groups excluding carboxylic acids is 1. The van der Waals surface area contributed by atoms with Gasteiger partial charge in [-0.25, -0.2) is 0 Å². The zero-order chi connectivity index (χ0) is 12.0. The number of halogens is 2. The number of hydrogen-bond donors (Lipinski definition) is 2. The van der Waals surface area contributed by atoms with Gasteiger partial charge in [-0.2, -0.15) is 11.8 Å². The molecule has 1 atom stereocenters. The number of nitrogens with zero attached hydrogens (tertiary/aromatic N) is 1. The second kappa shape index (κ2) is 10.4. The van der Waals surface area contributed by atoms with Crippen LogP contribution in [0.25, 0.3) is 0 Å². The van der Waals surface area contributed by atoms with Crippen molar-refractivity contribution in [3.05, 3.63) is 24.0 Å². The Labute approximate surface area is 124 Å². The summed E-state index contributed by atoms with van der Waals surface area (Å²) in [7, 11) is 0. The van der Waals surface area contributed by atoms with E-state index in [2.05, 4.69) is 10.3 Å². The van der Waals surface area contributed by atoms with Crippen LogP contribution in [0.1, 0.15) is 12.0 Å². The number of pyridine rings is 1. The van der Waals surface area contributed by atoms with E-state index in [9.17, 15) is 4.79 Å². The van der Waals surface area contributed by atoms with Crippen LogP contribution in [0.5, 0.6) is 0 Å². The first-order chi connectivity index (χ1) is 7.65. The Morgan fingerprint density at radius 2 is 2.22 bits per heavy atom. The molecule has 1 aromatic rings. The van der Waals surface area contributed by atoms with Crippen LogP contribution in [-0.4, -0.2) is 28.9 Å². The molecule has 0 saturated heterocycles. The fourth-order valence-corrected chi connectivity index (χ4v) is 1.70. The van der Waals surface area contributed by atoms with Crippen molar-refractivity contribution < 1.29 is 4.79 Å². The summed E-state index contributed by atoms with van der Waals surface area (Å²) in [6.45, 7) is 1.90. The minimum atomic E-state index is -0.444. The number of nitrogens with two attached hydrogens (primary N) is 1. The van der Waals surface area contributed by atoms with Crippen molar-refractivity contribution in [3.63, 3.8) is 0 Å². The van der Waals surface area contributed by atoms with Gasteiger partial charge < -0.3 is 11.1 Å². The van der Waals surface area contributed by atoms with Crippen LogP contribution >= 0.6 is 36.6 Å². The number of hydrogen-bond acceptors (Lipinski definition) is 4. The first-order valence-electron chi connectivity index (χ1n) is 5.11. The maximum absolute atomic E-state index is 11.7. The molecule has 0 aliphatic carbocycles. The molecule has 0 aromatic carbocycles. The lowest BCUT2D eigenvalue weighted by atomic mass is 10.2. The van der Waals surface area contributed by atoms with Gasteiger partial charge in [0.05, 0.1) is 6.04 Å². The summed E-state index contributed by atoms with van der Waals surface area (Å²) in [6.07, 6.45) is 6.05. The second-order valence-corrected chi connectivity index (χ2v) is 4.55. The molecule has 7 heteroatoms. The average molecular weight is 312 g/mol. The fraction of sp³-hybridized carbons (Fsp3) is 0.455. The number of carbonyl (C=O) groups is 1. The fourth-order valence-electron chi connectivity index (χ4n) is 1.21. The molecule has 1 heterocycles. The molecular weight excluding hydrogens is 293 g/mol. The van der Waals surface area contributed by atoms with Crippen LogP contribution in [0.15, 0.2) is 18.5 Å². The van der Waals surface area contributed by atoms with E-state index >= 15 is 0 Å². The van der Waals surface area contributed by atoms with Gasteiger partial charge in [0.2, 0.25) is 5.91 Å². The van der Waals surface area contributed by atoms with Gasteiger partial charge in [0.25, 0.3) is 0 Å². The summed E-state index contributed by atoms with van der Waals surface area (Å²) in [5.41, 5.74) is 7.48. The molecule has 18 heavy (non-hydrogen) atoms. The molecule has 0 fully saturated rings. The molecule has 0 aliphatic rings. The molecule has 1 aromatic heterocycles. The van der Waals surface area contributed by atoms with Crippen molar-refractivity contribution in [3.8, 4) is 0 Å². The maximum Gasteiger partial charge on any atom is 0.241 e. The summed E-state index contributed by atoms with van der Waals surface area (Å²) < 4.78 is 0. The molecule has 4 nitrogen and oxygen atoms in total. The van der Waals surface area contributed by atoms with Crippen LogP contribution in [-0.2, 0) is 4.79 Å². The van der Waals surface area contributed by atoms with E-state index in [4.69, 9.17) is 5.73 Å². The molecule has 0 unspecified atom stereocenters. The molecule has 104 valence electrons. The van der Waals surface area contributed by atoms with E-state index in [-0.39, 0.29) is 30.7 Å². The minimum Gasteiger partial charge on any atom is -0.324 e. The van der Waals surface area contributed by atoms with Crippen molar-refractivity contribution in [2.75, 3.05) is 17.3 Å². The van der Waals surface area contributed by atoms with Gasteiger partial charge in [-0.05, 0) is 37.0 Å². The highest BCUT2D eigenvalue weighted by atomic mass is 35.5. The maximum atomic E-state index is 11.7. The van der Waals surface area contributed by atoms with Crippen molar-refractivity contribution in [2.45, 2.75) is 19.4 Å². The van der Waals surface area contributed by atoms with Crippen LogP contribution in [0.4, 0.5) is 5.69 Å². The SMILES string of the molecule is CSCC[C@H](N)C(=O)Nc1ccncc1C.Cl.Cl. The van der Waals surface area contributed by atoms with Gasteiger partial charge in [0.15, 0.2) is 0 Å². The van der Waals surface area contributed by atoms with Gasteiger partial charge in [-0.15, -0.1) is 24.8 Å². The molecule has 0 spiro atoms. The van der Waals surface area contributed by atoms with Crippen LogP contribution in [0, 0.1) is 6.92 Å². The first-order valence-corrected chi connectivity index (χ1v) is 6.50. The summed E-state index contributed by atoms with van der Waals surface area (Å²) in [6, 6.07) is 1.33. The van der Waals surface area contributed by atoms with E-state index in [1.165, 1.54) is 0 Å². The standard InChI is InChI=1S/C11H17N3OS.2ClH/c1-8-7-13-5-3-10(8)14-11(15)9(12)4-6-16-2;;/h3,5,7,9H,4,6,12H2,1-2H3,(H,13,14,15);2*1H/t9-;;/m0../s1. The van der Waals surface area contributed by atoms with E-state index < -0.39 is 6.04 Å². The second-order valence-electron chi connectivity index (χ2n) is 3.57. The van der Waals surface area contributed by atoms with Gasteiger partial charge in [0.1, 0.15) is 0 Å². The Morgan fingerprint density at radius 3 is 2.78 bits per heavy atom. The summed E-state index contributed by atoms with van der Waals surface area (Å²) in [5, 5.41) is 2.81. The smallest absolute Gasteiger partial charge is 0.241 e. The molecule has 1 amide bonds. The van der Waals surface area contributed by atoms with Crippen molar-refractivity contribution in [2.24, 2.45) is 5.73 Å². The minimum absolute atomic E-state index is 0. The van der Waals surface area contributed by atoms with E-state index in [1.807, 2.05) is 13.2 Å². The Hall–Kier alpha value is -0.490. The van der Waals surface area contributed by atoms with E-state index in [0.717, 1.165) is 17.0 Å². The number of anilines is 1. The van der Waals surface area contributed by atoms with Crippen molar-refractivity contribution in [1.29, 1.82) is 0 Å². The highest BCUT2D eigenvalue weighted by Gasteiger charge is 2.13. The Morgan fingerprint density at radius 1 is 1.56 bits per heavy atom. The summed E-state index contributed by atoms with van der Waals surface area (Å²) >= 11 is 1.69. The Kier molecular flexibility index (Phi) is 11.5. The normalized spacial score (nSPS) is 10.8. The molecule has 0 bridgehead atoms. The Bertz CT molecular complexity index is 366. The monoisotopic (exact) mass is 311 g/mol. The topological polar surface area (TPSA) is 68.0 Å². The zero-order valence-corrected chi connectivity index (χ0v) is 12.8.